The average molecular weight is 521 g/mol. The standard InChI is InChI=1S/C28H60O6Si/c1-10-14-18-30-24(22-29)26(32-20-16-12-3)27(33-21-17-13-4)25(31-19-15-11-2)23-34-35(8,9)28(5,6)7/h24-27,29H,10-23H2,1-9H3/t24-,25-,26-,27-/m1/s1. The van der Waals surface area contributed by atoms with Crippen molar-refractivity contribution in [2.45, 2.75) is 142 Å². The zero-order valence-corrected chi connectivity index (χ0v) is 25.7. The first-order valence-electron chi connectivity index (χ1n) is 14.3. The summed E-state index contributed by atoms with van der Waals surface area (Å²) in [5.41, 5.74) is 0. The van der Waals surface area contributed by atoms with E-state index in [-0.39, 0.29) is 23.9 Å². The zero-order chi connectivity index (χ0) is 26.7. The molecule has 35 heavy (non-hydrogen) atoms. The molecular weight excluding hydrogens is 460 g/mol. The zero-order valence-electron chi connectivity index (χ0n) is 24.7. The highest BCUT2D eigenvalue weighted by Gasteiger charge is 2.42. The first-order chi connectivity index (χ1) is 16.6. The Morgan fingerprint density at radius 3 is 1.37 bits per heavy atom. The molecule has 0 saturated heterocycles. The van der Waals surface area contributed by atoms with Crippen LogP contribution in [-0.2, 0) is 23.4 Å². The Labute approximate surface area is 218 Å². The highest BCUT2D eigenvalue weighted by atomic mass is 28.4. The van der Waals surface area contributed by atoms with Crippen LogP contribution in [0.15, 0.2) is 0 Å². The molecule has 0 rings (SSSR count). The molecule has 0 unspecified atom stereocenters. The van der Waals surface area contributed by atoms with Crippen LogP contribution in [0.3, 0.4) is 0 Å². The summed E-state index contributed by atoms with van der Waals surface area (Å²) in [5, 5.41) is 10.4. The fraction of sp³-hybridized carbons (Fsp3) is 1.00. The lowest BCUT2D eigenvalue weighted by molar-refractivity contribution is -0.191. The van der Waals surface area contributed by atoms with Gasteiger partial charge in [-0.2, -0.15) is 0 Å². The highest BCUT2D eigenvalue weighted by molar-refractivity contribution is 6.74. The second-order valence-corrected chi connectivity index (χ2v) is 16.0. The van der Waals surface area contributed by atoms with Gasteiger partial charge in [0.15, 0.2) is 8.32 Å². The average Bonchev–Trinajstić information content (AvgIpc) is 2.80. The third-order valence-electron chi connectivity index (χ3n) is 6.93. The number of hydrogen-bond acceptors (Lipinski definition) is 6. The fourth-order valence-electron chi connectivity index (χ4n) is 3.31. The van der Waals surface area contributed by atoms with Crippen molar-refractivity contribution in [1.82, 2.24) is 0 Å². The van der Waals surface area contributed by atoms with Gasteiger partial charge < -0.3 is 28.5 Å². The molecule has 0 radical (unpaired) electrons. The van der Waals surface area contributed by atoms with Crippen molar-refractivity contribution >= 4 is 8.32 Å². The molecule has 0 spiro atoms. The number of rotatable bonds is 23. The lowest BCUT2D eigenvalue weighted by Crippen LogP contribution is -2.54. The molecule has 0 bridgehead atoms. The molecule has 0 aliphatic heterocycles. The van der Waals surface area contributed by atoms with Crippen molar-refractivity contribution in [2.75, 3.05) is 39.6 Å². The Kier molecular flexibility index (Phi) is 20.0. The monoisotopic (exact) mass is 520 g/mol. The van der Waals surface area contributed by atoms with E-state index in [1.807, 2.05) is 0 Å². The van der Waals surface area contributed by atoms with E-state index in [0.717, 1.165) is 51.4 Å². The molecule has 0 amide bonds. The number of aliphatic hydroxyl groups is 1. The summed E-state index contributed by atoms with van der Waals surface area (Å²) in [6.07, 6.45) is 6.49. The second kappa shape index (κ2) is 20.0. The van der Waals surface area contributed by atoms with Crippen LogP contribution in [0.5, 0.6) is 0 Å². The normalized spacial score (nSPS) is 16.3. The van der Waals surface area contributed by atoms with Gasteiger partial charge in [0, 0.05) is 26.4 Å². The van der Waals surface area contributed by atoms with E-state index < -0.39 is 20.5 Å². The molecule has 0 aliphatic rings. The summed E-state index contributed by atoms with van der Waals surface area (Å²) in [6, 6.07) is 0. The molecule has 0 aromatic rings. The molecule has 212 valence electrons. The summed E-state index contributed by atoms with van der Waals surface area (Å²) < 4.78 is 32.1. The van der Waals surface area contributed by atoms with Gasteiger partial charge in [-0.15, -0.1) is 0 Å². The van der Waals surface area contributed by atoms with E-state index in [0.29, 0.717) is 33.0 Å². The number of ether oxygens (including phenoxy) is 4. The van der Waals surface area contributed by atoms with E-state index in [2.05, 4.69) is 61.6 Å². The van der Waals surface area contributed by atoms with Crippen LogP contribution in [0.25, 0.3) is 0 Å². The Morgan fingerprint density at radius 1 is 0.629 bits per heavy atom. The van der Waals surface area contributed by atoms with Gasteiger partial charge in [0.1, 0.15) is 24.4 Å². The summed E-state index contributed by atoms with van der Waals surface area (Å²) in [6.45, 7) is 22.7. The molecular formula is C28H60O6Si. The molecule has 0 fully saturated rings. The minimum absolute atomic E-state index is 0.105. The molecule has 7 heteroatoms. The molecule has 0 aromatic heterocycles. The summed E-state index contributed by atoms with van der Waals surface area (Å²) in [4.78, 5) is 0. The fourth-order valence-corrected chi connectivity index (χ4v) is 4.32. The predicted octanol–water partition coefficient (Wildman–Crippen LogP) is 6.74. The maximum atomic E-state index is 10.3. The van der Waals surface area contributed by atoms with Crippen molar-refractivity contribution in [3.63, 3.8) is 0 Å². The van der Waals surface area contributed by atoms with E-state index in [1.54, 1.807) is 0 Å². The molecule has 6 nitrogen and oxygen atoms in total. The Morgan fingerprint density at radius 2 is 1.00 bits per heavy atom. The summed E-state index contributed by atoms with van der Waals surface area (Å²) in [7, 11) is -1.98. The maximum Gasteiger partial charge on any atom is 0.192 e. The van der Waals surface area contributed by atoms with E-state index in [4.69, 9.17) is 23.4 Å². The van der Waals surface area contributed by atoms with Gasteiger partial charge in [-0.3, -0.25) is 0 Å². The van der Waals surface area contributed by atoms with Gasteiger partial charge in [-0.05, 0) is 43.8 Å². The highest BCUT2D eigenvalue weighted by Crippen LogP contribution is 2.37. The van der Waals surface area contributed by atoms with Crippen LogP contribution < -0.4 is 0 Å². The van der Waals surface area contributed by atoms with Crippen molar-refractivity contribution in [1.29, 1.82) is 0 Å². The molecule has 0 aromatic carbocycles. The molecule has 0 saturated carbocycles. The van der Waals surface area contributed by atoms with Crippen LogP contribution in [0.4, 0.5) is 0 Å². The quantitative estimate of drug-likeness (QED) is 0.119. The third kappa shape index (κ3) is 14.5. The molecule has 0 heterocycles. The Hall–Kier alpha value is -0.0231. The van der Waals surface area contributed by atoms with Crippen LogP contribution in [0.1, 0.15) is 99.8 Å². The maximum absolute atomic E-state index is 10.3. The number of hydrogen-bond donors (Lipinski definition) is 1. The smallest absolute Gasteiger partial charge is 0.192 e. The van der Waals surface area contributed by atoms with Crippen LogP contribution in [0.2, 0.25) is 18.1 Å². The van der Waals surface area contributed by atoms with Gasteiger partial charge >= 0.3 is 0 Å². The lowest BCUT2D eigenvalue weighted by Gasteiger charge is -2.40. The minimum Gasteiger partial charge on any atom is -0.414 e. The SMILES string of the molecule is CCCCO[C@@H]([C@H](OCCCC)[C@@H](CO[Si](C)(C)C(C)(C)C)OCCCC)[C@@H](CO)OCCCC. The van der Waals surface area contributed by atoms with Gasteiger partial charge in [0.25, 0.3) is 0 Å². The first kappa shape index (κ1) is 35.0. The number of aliphatic hydroxyl groups excluding tert-OH is 1. The Balaban J connectivity index is 6.00. The van der Waals surface area contributed by atoms with E-state index in [9.17, 15) is 5.11 Å². The van der Waals surface area contributed by atoms with Gasteiger partial charge in [0.05, 0.1) is 13.2 Å². The predicted molar refractivity (Wildman–Crippen MR) is 149 cm³/mol. The van der Waals surface area contributed by atoms with Crippen molar-refractivity contribution < 1.29 is 28.5 Å². The van der Waals surface area contributed by atoms with Crippen LogP contribution >= 0.6 is 0 Å². The largest absolute Gasteiger partial charge is 0.414 e. The number of unbranched alkanes of at least 4 members (excludes halogenated alkanes) is 4. The van der Waals surface area contributed by atoms with Crippen molar-refractivity contribution in [3.05, 3.63) is 0 Å². The Bertz CT molecular complexity index is 483. The molecule has 1 N–H and O–H groups in total. The molecule has 0 aliphatic carbocycles. The lowest BCUT2D eigenvalue weighted by atomic mass is 10.0. The molecule has 4 atom stereocenters. The van der Waals surface area contributed by atoms with Gasteiger partial charge in [-0.1, -0.05) is 74.1 Å². The topological polar surface area (TPSA) is 66.4 Å². The third-order valence-corrected chi connectivity index (χ3v) is 11.4. The first-order valence-corrected chi connectivity index (χ1v) is 17.2. The van der Waals surface area contributed by atoms with E-state index in [1.165, 1.54) is 0 Å². The van der Waals surface area contributed by atoms with Crippen molar-refractivity contribution in [2.24, 2.45) is 0 Å². The second-order valence-electron chi connectivity index (χ2n) is 11.2. The van der Waals surface area contributed by atoms with Gasteiger partial charge in [-0.25, -0.2) is 0 Å². The van der Waals surface area contributed by atoms with Gasteiger partial charge in [0.2, 0.25) is 0 Å². The van der Waals surface area contributed by atoms with Crippen molar-refractivity contribution in [3.8, 4) is 0 Å². The minimum atomic E-state index is -1.98. The van der Waals surface area contributed by atoms with E-state index >= 15 is 0 Å². The van der Waals surface area contributed by atoms with Crippen LogP contribution in [-0.4, -0.2) is 77.5 Å². The summed E-state index contributed by atoms with van der Waals surface area (Å²) in [5.74, 6) is 0. The summed E-state index contributed by atoms with van der Waals surface area (Å²) >= 11 is 0. The van der Waals surface area contributed by atoms with Crippen LogP contribution in [0, 0.1) is 0 Å².